The third-order valence-corrected chi connectivity index (χ3v) is 3.79. The first kappa shape index (κ1) is 23.9. The van der Waals surface area contributed by atoms with Gasteiger partial charge in [-0.25, -0.2) is 9.98 Å². The third-order valence-electron chi connectivity index (χ3n) is 3.79. The van der Waals surface area contributed by atoms with Crippen LogP contribution < -0.4 is 15.4 Å². The van der Waals surface area contributed by atoms with Gasteiger partial charge in [0, 0.05) is 25.4 Å². The number of aliphatic hydroxyl groups is 1. The zero-order valence-electron chi connectivity index (χ0n) is 15.8. The number of hydrogen-bond acceptors (Lipinski definition) is 4. The summed E-state index contributed by atoms with van der Waals surface area (Å²) in [5, 5.41) is 17.2. The first-order chi connectivity index (χ1) is 11.6. The van der Waals surface area contributed by atoms with E-state index >= 15 is 0 Å². The van der Waals surface area contributed by atoms with Crippen LogP contribution in [-0.4, -0.2) is 41.9 Å². The van der Waals surface area contributed by atoms with Gasteiger partial charge in [0.15, 0.2) is 5.96 Å². The lowest BCUT2D eigenvalue weighted by atomic mass is 9.93. The first-order valence-electron chi connectivity index (χ1n) is 8.80. The van der Waals surface area contributed by atoms with Gasteiger partial charge in [0.1, 0.15) is 0 Å². The summed E-state index contributed by atoms with van der Waals surface area (Å²) >= 11 is 0. The van der Waals surface area contributed by atoms with Crippen molar-refractivity contribution in [2.75, 3.05) is 20.2 Å². The van der Waals surface area contributed by atoms with Crippen LogP contribution in [0.1, 0.15) is 52.0 Å². The summed E-state index contributed by atoms with van der Waals surface area (Å²) in [5.74, 6) is 1.29. The zero-order chi connectivity index (χ0) is 17.8. The fraction of sp³-hybridized carbons (Fsp3) is 0.667. The molecule has 144 valence electrons. The molecular weight excluding hydrogens is 431 g/mol. The molecule has 0 aromatic carbocycles. The number of nitrogens with zero attached hydrogens (tertiary/aromatic N) is 2. The second-order valence-electron chi connectivity index (χ2n) is 5.98. The SMILES string of the molecule is CCCC(O)(CCC)CNC(=NCc1ccnc(OC)c1)NCC.I. The molecule has 0 fully saturated rings. The number of aromatic nitrogens is 1. The van der Waals surface area contributed by atoms with Crippen LogP contribution in [0.2, 0.25) is 0 Å². The zero-order valence-corrected chi connectivity index (χ0v) is 18.2. The maximum Gasteiger partial charge on any atom is 0.213 e. The number of guanidine groups is 1. The van der Waals surface area contributed by atoms with Gasteiger partial charge < -0.3 is 20.5 Å². The molecule has 0 atom stereocenters. The molecule has 1 aromatic heterocycles. The highest BCUT2D eigenvalue weighted by molar-refractivity contribution is 14.0. The van der Waals surface area contributed by atoms with E-state index in [0.29, 0.717) is 24.9 Å². The number of halogens is 1. The van der Waals surface area contributed by atoms with Crippen molar-refractivity contribution in [1.82, 2.24) is 15.6 Å². The van der Waals surface area contributed by atoms with Crippen molar-refractivity contribution in [2.45, 2.75) is 58.6 Å². The molecule has 0 aliphatic carbocycles. The Balaban J connectivity index is 0.00000576. The van der Waals surface area contributed by atoms with E-state index in [4.69, 9.17) is 4.74 Å². The highest BCUT2D eigenvalue weighted by Gasteiger charge is 2.24. The molecule has 7 heteroatoms. The Hall–Kier alpha value is -1.09. The smallest absolute Gasteiger partial charge is 0.213 e. The molecule has 0 saturated carbocycles. The summed E-state index contributed by atoms with van der Waals surface area (Å²) in [6.45, 7) is 8.00. The minimum Gasteiger partial charge on any atom is -0.481 e. The summed E-state index contributed by atoms with van der Waals surface area (Å²) < 4.78 is 5.13. The maximum atomic E-state index is 10.7. The number of methoxy groups -OCH3 is 1. The molecule has 0 radical (unpaired) electrons. The molecule has 1 aromatic rings. The van der Waals surface area contributed by atoms with Gasteiger partial charge in [-0.1, -0.05) is 26.7 Å². The van der Waals surface area contributed by atoms with E-state index in [2.05, 4.69) is 34.5 Å². The summed E-state index contributed by atoms with van der Waals surface area (Å²) in [7, 11) is 1.60. The number of pyridine rings is 1. The highest BCUT2D eigenvalue weighted by Crippen LogP contribution is 2.18. The minimum atomic E-state index is -0.681. The number of aliphatic imine (C=N–C) groups is 1. The quantitative estimate of drug-likeness (QED) is 0.282. The monoisotopic (exact) mass is 464 g/mol. The number of rotatable bonds is 10. The van der Waals surface area contributed by atoms with E-state index in [1.54, 1.807) is 13.3 Å². The Morgan fingerprint density at radius 3 is 2.48 bits per heavy atom. The molecule has 1 rings (SSSR count). The summed E-state index contributed by atoms with van der Waals surface area (Å²) in [4.78, 5) is 8.68. The van der Waals surface area contributed by atoms with Crippen molar-refractivity contribution in [3.63, 3.8) is 0 Å². The van der Waals surface area contributed by atoms with Crippen molar-refractivity contribution in [3.05, 3.63) is 23.9 Å². The van der Waals surface area contributed by atoms with Gasteiger partial charge in [0.05, 0.1) is 19.3 Å². The minimum absolute atomic E-state index is 0. The molecule has 3 N–H and O–H groups in total. The predicted octanol–water partition coefficient (Wildman–Crippen LogP) is 3.09. The molecule has 0 aliphatic rings. The van der Waals surface area contributed by atoms with Gasteiger partial charge in [-0.05, 0) is 31.4 Å². The van der Waals surface area contributed by atoms with E-state index in [1.165, 1.54) is 0 Å². The fourth-order valence-corrected chi connectivity index (χ4v) is 2.65. The van der Waals surface area contributed by atoms with E-state index in [0.717, 1.165) is 37.8 Å². The molecular formula is C18H33IN4O2. The van der Waals surface area contributed by atoms with Crippen molar-refractivity contribution in [2.24, 2.45) is 4.99 Å². The normalized spacial score (nSPS) is 11.6. The van der Waals surface area contributed by atoms with Crippen LogP contribution in [-0.2, 0) is 6.54 Å². The van der Waals surface area contributed by atoms with Crippen molar-refractivity contribution < 1.29 is 9.84 Å². The van der Waals surface area contributed by atoms with E-state index in [-0.39, 0.29) is 24.0 Å². The summed E-state index contributed by atoms with van der Waals surface area (Å²) in [6.07, 6.45) is 5.21. The average molecular weight is 464 g/mol. The van der Waals surface area contributed by atoms with Crippen molar-refractivity contribution >= 4 is 29.9 Å². The summed E-state index contributed by atoms with van der Waals surface area (Å²) in [5.41, 5.74) is 0.343. The van der Waals surface area contributed by atoms with Gasteiger partial charge in [0.25, 0.3) is 0 Å². The van der Waals surface area contributed by atoms with E-state index in [9.17, 15) is 5.11 Å². The van der Waals surface area contributed by atoms with E-state index in [1.807, 2.05) is 19.1 Å². The average Bonchev–Trinajstić information content (AvgIpc) is 2.58. The lowest BCUT2D eigenvalue weighted by molar-refractivity contribution is 0.0257. The standard InChI is InChI=1S/C18H32N4O2.HI/c1-5-9-18(23,10-6-2)14-22-17(19-7-3)21-13-15-8-11-20-16(12-15)24-4;/h8,11-12,23H,5-7,9-10,13-14H2,1-4H3,(H2,19,21,22);1H. The summed E-state index contributed by atoms with van der Waals surface area (Å²) in [6, 6.07) is 3.79. The van der Waals surface area contributed by atoms with Gasteiger partial charge >= 0.3 is 0 Å². The van der Waals surface area contributed by atoms with Crippen LogP contribution in [0.5, 0.6) is 5.88 Å². The third kappa shape index (κ3) is 9.25. The topological polar surface area (TPSA) is 78.8 Å². The molecule has 0 aliphatic heterocycles. The Kier molecular flexibility index (Phi) is 12.6. The molecule has 0 unspecified atom stereocenters. The molecule has 0 spiro atoms. The molecule has 6 nitrogen and oxygen atoms in total. The Bertz CT molecular complexity index is 506. The van der Waals surface area contributed by atoms with Gasteiger partial charge in [0.2, 0.25) is 5.88 Å². The van der Waals surface area contributed by atoms with Gasteiger partial charge in [-0.2, -0.15) is 0 Å². The van der Waals surface area contributed by atoms with Crippen LogP contribution in [0.4, 0.5) is 0 Å². The Morgan fingerprint density at radius 2 is 1.92 bits per heavy atom. The van der Waals surface area contributed by atoms with E-state index < -0.39 is 5.60 Å². The second-order valence-corrected chi connectivity index (χ2v) is 5.98. The van der Waals surface area contributed by atoms with Crippen LogP contribution in [0.3, 0.4) is 0 Å². The number of hydrogen-bond donors (Lipinski definition) is 3. The largest absolute Gasteiger partial charge is 0.481 e. The molecule has 0 bridgehead atoms. The number of ether oxygens (including phenoxy) is 1. The van der Waals surface area contributed by atoms with Crippen LogP contribution in [0.15, 0.2) is 23.3 Å². The first-order valence-corrected chi connectivity index (χ1v) is 8.80. The second kappa shape index (κ2) is 13.2. The molecule has 0 amide bonds. The molecule has 1 heterocycles. The lowest BCUT2D eigenvalue weighted by Crippen LogP contribution is -2.47. The van der Waals surface area contributed by atoms with Crippen molar-refractivity contribution in [1.29, 1.82) is 0 Å². The lowest BCUT2D eigenvalue weighted by Gasteiger charge is -2.28. The van der Waals surface area contributed by atoms with Crippen molar-refractivity contribution in [3.8, 4) is 5.88 Å². The van der Waals surface area contributed by atoms with Gasteiger partial charge in [-0.15, -0.1) is 24.0 Å². The highest BCUT2D eigenvalue weighted by atomic mass is 127. The van der Waals surface area contributed by atoms with Crippen LogP contribution in [0.25, 0.3) is 0 Å². The fourth-order valence-electron chi connectivity index (χ4n) is 2.65. The Morgan fingerprint density at radius 1 is 1.24 bits per heavy atom. The predicted molar refractivity (Wildman–Crippen MR) is 114 cm³/mol. The maximum absolute atomic E-state index is 10.7. The number of nitrogens with one attached hydrogen (secondary N) is 2. The van der Waals surface area contributed by atoms with Crippen LogP contribution in [0, 0.1) is 0 Å². The molecule has 0 saturated heterocycles. The Labute approximate surface area is 168 Å². The molecule has 25 heavy (non-hydrogen) atoms. The van der Waals surface area contributed by atoms with Crippen LogP contribution >= 0.6 is 24.0 Å². The van der Waals surface area contributed by atoms with Gasteiger partial charge in [-0.3, -0.25) is 0 Å².